The minimum atomic E-state index is -0.783. The fraction of sp³-hybridized carbons (Fsp3) is 0.152. The minimum Gasteiger partial charge on any atom is -0.483 e. The van der Waals surface area contributed by atoms with Crippen molar-refractivity contribution in [3.8, 4) is 5.75 Å². The number of nitrogens with one attached hydrogen (secondary N) is 2. The van der Waals surface area contributed by atoms with Gasteiger partial charge in [-0.1, -0.05) is 93.1 Å². The number of rotatable bonds is 6. The first-order chi connectivity index (χ1) is 21.3. The second-order valence-electron chi connectivity index (χ2n) is 10.6. The number of benzene rings is 4. The molecule has 0 aliphatic carbocycles. The summed E-state index contributed by atoms with van der Waals surface area (Å²) in [6, 6.07) is 26.1. The summed E-state index contributed by atoms with van der Waals surface area (Å²) in [4.78, 5) is 58.0. The number of carbonyl (C=O) groups excluding carboxylic acids is 3. The van der Waals surface area contributed by atoms with Crippen LogP contribution in [0.1, 0.15) is 21.9 Å². The van der Waals surface area contributed by atoms with E-state index in [1.54, 1.807) is 24.3 Å². The Bertz CT molecular complexity index is 2020. The lowest BCUT2D eigenvalue weighted by Gasteiger charge is -2.31. The zero-order chi connectivity index (χ0) is 30.5. The maximum Gasteiger partial charge on any atom is 0.305 e. The fourth-order valence-electron chi connectivity index (χ4n) is 5.86. The summed E-state index contributed by atoms with van der Waals surface area (Å²) in [5.41, 5.74) is 2.80. The first kappa shape index (κ1) is 28.6. The van der Waals surface area contributed by atoms with Crippen LogP contribution in [0.3, 0.4) is 0 Å². The van der Waals surface area contributed by atoms with E-state index >= 15 is 0 Å². The molecule has 2 aliphatic rings. The van der Waals surface area contributed by atoms with Crippen LogP contribution in [-0.2, 0) is 14.4 Å². The number of aryl methyl sites for hydroxylation is 1. The molecule has 0 saturated carbocycles. The highest BCUT2D eigenvalue weighted by molar-refractivity contribution is 9.10. The summed E-state index contributed by atoms with van der Waals surface area (Å²) in [6.45, 7) is 1.65. The van der Waals surface area contributed by atoms with Crippen molar-refractivity contribution in [1.29, 1.82) is 0 Å². The van der Waals surface area contributed by atoms with Crippen LogP contribution in [0, 0.1) is 12.8 Å². The lowest BCUT2D eigenvalue weighted by molar-refractivity contribution is -0.122. The molecule has 3 atom stereocenters. The number of H-pyrrole nitrogens is 1. The van der Waals surface area contributed by atoms with Crippen LogP contribution in [0.15, 0.2) is 99.2 Å². The van der Waals surface area contributed by atoms with E-state index in [0.717, 1.165) is 32.1 Å². The molecular formula is C33H24BrN3O5S2. The van der Waals surface area contributed by atoms with Crippen molar-refractivity contribution in [2.24, 2.45) is 5.92 Å². The zero-order valence-corrected chi connectivity index (χ0v) is 26.4. The second kappa shape index (κ2) is 11.4. The molecular weight excluding hydrogens is 662 g/mol. The van der Waals surface area contributed by atoms with Gasteiger partial charge in [0.05, 0.1) is 16.6 Å². The SMILES string of the molecule is Cc1ccc(N2C(=O)[C@H]3[C@H](c4cc(Br)ccc4OCC(=O)Nc4cccc5ccccc45)c4sc(=O)[nH]c4S[C@H]3C2=O)cc1. The van der Waals surface area contributed by atoms with E-state index in [9.17, 15) is 19.2 Å². The zero-order valence-electron chi connectivity index (χ0n) is 23.2. The number of carbonyl (C=O) groups is 3. The number of aromatic amines is 1. The number of anilines is 2. The van der Waals surface area contributed by atoms with Crippen molar-refractivity contribution >= 4 is 78.9 Å². The highest BCUT2D eigenvalue weighted by atomic mass is 79.9. The Balaban J connectivity index is 1.23. The molecule has 4 aromatic carbocycles. The van der Waals surface area contributed by atoms with Gasteiger partial charge in [-0.05, 0) is 48.7 Å². The number of fused-ring (bicyclic) bond motifs is 3. The Morgan fingerprint density at radius 1 is 0.977 bits per heavy atom. The van der Waals surface area contributed by atoms with Gasteiger partial charge in [0.1, 0.15) is 11.0 Å². The lowest BCUT2D eigenvalue weighted by Crippen LogP contribution is -2.32. The van der Waals surface area contributed by atoms with E-state index in [1.807, 2.05) is 67.6 Å². The van der Waals surface area contributed by atoms with Gasteiger partial charge in [0.25, 0.3) is 5.91 Å². The highest BCUT2D eigenvalue weighted by Gasteiger charge is 2.56. The Labute approximate surface area is 268 Å². The first-order valence-electron chi connectivity index (χ1n) is 13.8. The van der Waals surface area contributed by atoms with E-state index in [0.29, 0.717) is 32.6 Å². The molecule has 3 heterocycles. The Hall–Kier alpha value is -4.19. The third kappa shape index (κ3) is 5.04. The number of ether oxygens (including phenoxy) is 1. The number of amides is 3. The van der Waals surface area contributed by atoms with E-state index in [2.05, 4.69) is 26.2 Å². The maximum absolute atomic E-state index is 14.1. The van der Waals surface area contributed by atoms with Gasteiger partial charge in [-0.3, -0.25) is 19.2 Å². The lowest BCUT2D eigenvalue weighted by atomic mass is 9.82. The number of thioether (sulfide) groups is 1. The van der Waals surface area contributed by atoms with E-state index in [1.165, 1.54) is 16.7 Å². The molecule has 11 heteroatoms. The summed E-state index contributed by atoms with van der Waals surface area (Å²) in [6.07, 6.45) is 0. The van der Waals surface area contributed by atoms with Crippen LogP contribution in [0.25, 0.3) is 10.8 Å². The van der Waals surface area contributed by atoms with Crippen LogP contribution in [-0.4, -0.2) is 34.6 Å². The quantitative estimate of drug-likeness (QED) is 0.198. The average Bonchev–Trinajstić information content (AvgIpc) is 3.51. The van der Waals surface area contributed by atoms with Gasteiger partial charge in [-0.2, -0.15) is 0 Å². The maximum atomic E-state index is 14.1. The van der Waals surface area contributed by atoms with Crippen molar-refractivity contribution in [3.05, 3.63) is 115 Å². The molecule has 0 spiro atoms. The third-order valence-corrected chi connectivity index (χ3v) is 10.7. The third-order valence-electron chi connectivity index (χ3n) is 7.85. The number of halogens is 1. The van der Waals surface area contributed by atoms with E-state index in [-0.39, 0.29) is 29.2 Å². The molecule has 7 rings (SSSR count). The highest BCUT2D eigenvalue weighted by Crippen LogP contribution is 2.54. The molecule has 2 N–H and O–H groups in total. The van der Waals surface area contributed by atoms with Crippen LogP contribution < -0.4 is 19.8 Å². The summed E-state index contributed by atoms with van der Waals surface area (Å²) in [7, 11) is 0. The number of imide groups is 1. The van der Waals surface area contributed by atoms with Gasteiger partial charge in [0, 0.05) is 31.9 Å². The molecule has 2 aliphatic heterocycles. The van der Waals surface area contributed by atoms with Crippen molar-refractivity contribution in [2.45, 2.75) is 23.1 Å². The van der Waals surface area contributed by atoms with Gasteiger partial charge in [-0.25, -0.2) is 4.90 Å². The molecule has 8 nitrogen and oxygen atoms in total. The van der Waals surface area contributed by atoms with Crippen molar-refractivity contribution in [3.63, 3.8) is 0 Å². The predicted molar refractivity (Wildman–Crippen MR) is 176 cm³/mol. The number of thiazole rings is 1. The van der Waals surface area contributed by atoms with Gasteiger partial charge >= 0.3 is 4.87 Å². The summed E-state index contributed by atoms with van der Waals surface area (Å²) < 4.78 is 6.84. The molecule has 1 aromatic heterocycles. The first-order valence-corrected chi connectivity index (χ1v) is 16.3. The smallest absolute Gasteiger partial charge is 0.305 e. The molecule has 5 aromatic rings. The van der Waals surface area contributed by atoms with Crippen LogP contribution in [0.4, 0.5) is 11.4 Å². The Morgan fingerprint density at radius 3 is 2.57 bits per heavy atom. The monoisotopic (exact) mass is 685 g/mol. The summed E-state index contributed by atoms with van der Waals surface area (Å²) in [5, 5.41) is 4.68. The van der Waals surface area contributed by atoms with E-state index < -0.39 is 17.1 Å². The topological polar surface area (TPSA) is 109 Å². The fourth-order valence-corrected chi connectivity index (χ4v) is 8.74. The van der Waals surface area contributed by atoms with E-state index in [4.69, 9.17) is 4.74 Å². The van der Waals surface area contributed by atoms with Crippen LogP contribution in [0.2, 0.25) is 0 Å². The number of hydrogen-bond donors (Lipinski definition) is 2. The van der Waals surface area contributed by atoms with Gasteiger partial charge in [-0.15, -0.1) is 0 Å². The normalized spacial score (nSPS) is 19.1. The molecule has 0 radical (unpaired) electrons. The number of hydrogen-bond acceptors (Lipinski definition) is 7. The molecule has 0 unspecified atom stereocenters. The van der Waals surface area contributed by atoms with Crippen molar-refractivity contribution in [2.75, 3.05) is 16.8 Å². The molecule has 1 saturated heterocycles. The van der Waals surface area contributed by atoms with Crippen LogP contribution >= 0.6 is 39.0 Å². The minimum absolute atomic E-state index is 0.269. The van der Waals surface area contributed by atoms with Crippen molar-refractivity contribution < 1.29 is 19.1 Å². The molecule has 220 valence electrons. The summed E-state index contributed by atoms with van der Waals surface area (Å²) >= 11 is 5.78. The Kier molecular flexibility index (Phi) is 7.39. The van der Waals surface area contributed by atoms with Gasteiger partial charge < -0.3 is 15.0 Å². The Morgan fingerprint density at radius 2 is 1.75 bits per heavy atom. The van der Waals surface area contributed by atoms with Crippen LogP contribution in [0.5, 0.6) is 5.75 Å². The summed E-state index contributed by atoms with van der Waals surface area (Å²) in [5.74, 6) is -2.07. The van der Waals surface area contributed by atoms with Crippen molar-refractivity contribution in [1.82, 2.24) is 4.98 Å². The number of aromatic nitrogens is 1. The van der Waals surface area contributed by atoms with Gasteiger partial charge in [0.2, 0.25) is 11.8 Å². The largest absolute Gasteiger partial charge is 0.483 e. The average molecular weight is 687 g/mol. The standard InChI is InChI=1S/C33H24BrN3O5S2/c1-17-9-12-20(13-10-17)37-31(39)27-26(28-30(36-33(41)44-28)43-29(27)32(37)40)22-15-19(34)11-14-24(22)42-16-25(38)35-23-8-4-6-18-5-2-3-7-21(18)23/h2-15,26-27,29H,16H2,1H3,(H,35,38)(H,36,41)/t26-,27-,29+/m0/s1. The molecule has 0 bridgehead atoms. The predicted octanol–water partition coefficient (Wildman–Crippen LogP) is 6.47. The van der Waals surface area contributed by atoms with Gasteiger partial charge in [0.15, 0.2) is 6.61 Å². The number of nitrogens with zero attached hydrogens (tertiary/aromatic N) is 1. The molecule has 44 heavy (non-hydrogen) atoms. The second-order valence-corrected chi connectivity index (χ2v) is 13.7. The molecule has 1 fully saturated rings. The molecule has 3 amide bonds.